The third-order valence-electron chi connectivity index (χ3n) is 4.66. The largest absolute Gasteiger partial charge is 0.516 e. The monoisotopic (exact) mass is 465 g/mol. The van der Waals surface area contributed by atoms with Gasteiger partial charge in [0.25, 0.3) is 0 Å². The van der Waals surface area contributed by atoms with E-state index in [0.717, 1.165) is 17.2 Å². The zero-order valence-electron chi connectivity index (χ0n) is 17.9. The molecule has 2 aliphatic heterocycles. The summed E-state index contributed by atoms with van der Waals surface area (Å²) in [5.41, 5.74) is 0.724. The van der Waals surface area contributed by atoms with E-state index in [2.05, 4.69) is 4.99 Å². The van der Waals surface area contributed by atoms with Crippen molar-refractivity contribution in [2.24, 2.45) is 10.7 Å². The molecule has 0 saturated carbocycles. The number of fused-ring (bicyclic) bond motifs is 1. The lowest BCUT2D eigenvalue weighted by Gasteiger charge is -2.34. The molecule has 0 aliphatic carbocycles. The minimum Gasteiger partial charge on any atom is -0.443 e. The zero-order valence-corrected chi connectivity index (χ0v) is 18.8. The summed E-state index contributed by atoms with van der Waals surface area (Å²) in [6.45, 7) is 6.13. The van der Waals surface area contributed by atoms with E-state index in [4.69, 9.17) is 10.5 Å². The van der Waals surface area contributed by atoms with Gasteiger partial charge in [-0.1, -0.05) is 0 Å². The maximum atomic E-state index is 13.1. The number of amides is 1. The number of nitrogens with two attached hydrogens (primary N) is 1. The van der Waals surface area contributed by atoms with Crippen molar-refractivity contribution in [3.8, 4) is 0 Å². The molecule has 2 rings (SSSR count). The summed E-state index contributed by atoms with van der Waals surface area (Å²) in [5.74, 6) is 0.729. The first-order valence-corrected chi connectivity index (χ1v) is 11.1. The van der Waals surface area contributed by atoms with Crippen molar-refractivity contribution in [3.63, 3.8) is 0 Å². The highest BCUT2D eigenvalue weighted by Gasteiger charge is 2.52. The van der Waals surface area contributed by atoms with E-state index in [-0.39, 0.29) is 21.8 Å². The lowest BCUT2D eigenvalue weighted by molar-refractivity contribution is -0.745. The molecule has 0 aromatic carbocycles. The topological polar surface area (TPSA) is 102 Å². The highest BCUT2D eigenvalue weighted by atomic mass is 32.2. The third kappa shape index (κ3) is 5.36. The first-order valence-electron chi connectivity index (χ1n) is 9.70. The number of hydrogen-bond donors (Lipinski definition) is 1. The lowest BCUT2D eigenvalue weighted by atomic mass is 10.1. The van der Waals surface area contributed by atoms with E-state index in [0.29, 0.717) is 13.0 Å². The van der Waals surface area contributed by atoms with Crippen molar-refractivity contribution in [2.75, 3.05) is 19.6 Å². The minimum atomic E-state index is -5.88. The SMILES string of the molecule is CC1=C[N+]2(CCCCN(C(=O)OC(C)(C)C)S(=O)(=O)C(F)(F)F)C(CN)=CC=CC2=N1. The zero-order chi connectivity index (χ0) is 23.7. The predicted molar refractivity (Wildman–Crippen MR) is 110 cm³/mol. The van der Waals surface area contributed by atoms with Gasteiger partial charge >= 0.3 is 21.6 Å². The fraction of sp³-hybridized carbons (Fsp3) is 0.579. The third-order valence-corrected chi connectivity index (χ3v) is 6.16. The van der Waals surface area contributed by atoms with Crippen molar-refractivity contribution in [1.29, 1.82) is 0 Å². The summed E-state index contributed by atoms with van der Waals surface area (Å²) in [5, 5.41) is 0. The van der Waals surface area contributed by atoms with Gasteiger partial charge in [-0.25, -0.2) is 9.28 Å². The molecule has 2 heterocycles. The normalized spacial score (nSPS) is 21.2. The molecule has 12 heteroatoms. The minimum absolute atomic E-state index is 0.00368. The molecule has 8 nitrogen and oxygen atoms in total. The van der Waals surface area contributed by atoms with E-state index >= 15 is 0 Å². The quantitative estimate of drug-likeness (QED) is 0.459. The Kier molecular flexibility index (Phi) is 7.08. The van der Waals surface area contributed by atoms with Crippen molar-refractivity contribution < 1.29 is 35.6 Å². The van der Waals surface area contributed by atoms with Crippen LogP contribution in [0, 0.1) is 0 Å². The molecule has 31 heavy (non-hydrogen) atoms. The van der Waals surface area contributed by atoms with Crippen LogP contribution in [-0.4, -0.2) is 59.9 Å². The summed E-state index contributed by atoms with van der Waals surface area (Å²) >= 11 is 0. The van der Waals surface area contributed by atoms with Gasteiger partial charge in [0.1, 0.15) is 17.5 Å². The van der Waals surface area contributed by atoms with Crippen LogP contribution in [0.25, 0.3) is 0 Å². The second kappa shape index (κ2) is 8.75. The van der Waals surface area contributed by atoms with Gasteiger partial charge in [-0.05, 0) is 52.7 Å². The van der Waals surface area contributed by atoms with Gasteiger partial charge in [-0.15, -0.1) is 0 Å². The summed E-state index contributed by atoms with van der Waals surface area (Å²) in [7, 11) is -5.88. The highest BCUT2D eigenvalue weighted by molar-refractivity contribution is 7.90. The number of unbranched alkanes of at least 4 members (excludes halogenated alkanes) is 1. The molecule has 1 unspecified atom stereocenters. The molecule has 2 aliphatic rings. The Morgan fingerprint density at radius 1 is 1.26 bits per heavy atom. The Morgan fingerprint density at radius 2 is 1.90 bits per heavy atom. The van der Waals surface area contributed by atoms with Crippen LogP contribution in [0.2, 0.25) is 0 Å². The number of amidine groups is 1. The fourth-order valence-corrected chi connectivity index (χ4v) is 4.23. The number of allylic oxidation sites excluding steroid dienone is 3. The van der Waals surface area contributed by atoms with Gasteiger partial charge in [-0.2, -0.15) is 30.9 Å². The summed E-state index contributed by atoms with van der Waals surface area (Å²) in [4.78, 5) is 16.7. The summed E-state index contributed by atoms with van der Waals surface area (Å²) < 4.78 is 68.0. The van der Waals surface area contributed by atoms with Gasteiger partial charge < -0.3 is 10.5 Å². The van der Waals surface area contributed by atoms with Crippen molar-refractivity contribution in [2.45, 2.75) is 51.6 Å². The number of carbonyl (C=O) groups excluding carboxylic acids is 1. The average molecular weight is 466 g/mol. The molecular formula is C19H28F3N4O4S+. The molecule has 0 fully saturated rings. The number of hydrogen-bond acceptors (Lipinski definition) is 6. The van der Waals surface area contributed by atoms with Gasteiger partial charge in [-0.3, -0.25) is 0 Å². The molecule has 1 amide bonds. The van der Waals surface area contributed by atoms with Crippen molar-refractivity contribution in [1.82, 2.24) is 4.31 Å². The van der Waals surface area contributed by atoms with E-state index in [1.54, 1.807) is 0 Å². The fourth-order valence-electron chi connectivity index (χ4n) is 3.38. The molecule has 1 atom stereocenters. The van der Waals surface area contributed by atoms with Gasteiger partial charge in [0.05, 0.1) is 18.8 Å². The number of sulfonamides is 1. The molecule has 0 bridgehead atoms. The number of quaternary nitrogens is 1. The molecule has 0 aromatic rings. The predicted octanol–water partition coefficient (Wildman–Crippen LogP) is 3.36. The van der Waals surface area contributed by atoms with E-state index < -0.39 is 33.8 Å². The second-order valence-corrected chi connectivity index (χ2v) is 10.1. The van der Waals surface area contributed by atoms with Crippen LogP contribution in [0.3, 0.4) is 0 Å². The highest BCUT2D eigenvalue weighted by Crippen LogP contribution is 2.32. The van der Waals surface area contributed by atoms with Crippen LogP contribution < -0.4 is 5.73 Å². The number of aliphatic imine (C=N–C) groups is 1. The number of rotatable bonds is 7. The van der Waals surface area contributed by atoms with Crippen LogP contribution in [0.4, 0.5) is 18.0 Å². The molecule has 0 radical (unpaired) electrons. The Balaban J connectivity index is 2.16. The first kappa shape index (κ1) is 25.1. The molecule has 0 spiro atoms. The smallest absolute Gasteiger partial charge is 0.443 e. The van der Waals surface area contributed by atoms with Gasteiger partial charge in [0.15, 0.2) is 0 Å². The molecular weight excluding hydrogens is 437 g/mol. The van der Waals surface area contributed by atoms with Gasteiger partial charge in [0, 0.05) is 12.6 Å². The second-order valence-electron chi connectivity index (χ2n) is 8.26. The van der Waals surface area contributed by atoms with E-state index in [1.165, 1.54) is 20.8 Å². The number of carbonyl (C=O) groups is 1. The Bertz CT molecular complexity index is 946. The maximum Gasteiger partial charge on any atom is 0.516 e. The van der Waals surface area contributed by atoms with Crippen molar-refractivity contribution >= 4 is 22.0 Å². The standard InChI is InChI=1S/C19H28F3N4O4S/c1-14-13-26(15(12-23)8-7-9-16(26)24-14)11-6-5-10-25(17(27)30-18(2,3)4)31(28,29)19(20,21)22/h7-9,13H,5-6,10-12,23H2,1-4H3/q+1. The summed E-state index contributed by atoms with van der Waals surface area (Å²) in [6, 6.07) is 0. The Hall–Kier alpha value is -2.18. The molecule has 174 valence electrons. The van der Waals surface area contributed by atoms with Gasteiger partial charge in [0.2, 0.25) is 5.84 Å². The first-order chi connectivity index (χ1) is 14.1. The van der Waals surface area contributed by atoms with Crippen LogP contribution in [0.15, 0.2) is 40.8 Å². The number of alkyl halides is 3. The van der Waals surface area contributed by atoms with Crippen LogP contribution in [0.5, 0.6) is 0 Å². The summed E-state index contributed by atoms with van der Waals surface area (Å²) in [6.07, 6.45) is 6.15. The lowest BCUT2D eigenvalue weighted by Crippen LogP contribution is -2.49. The average Bonchev–Trinajstić information content (AvgIpc) is 2.94. The Labute approximate surface area is 180 Å². The van der Waals surface area contributed by atoms with E-state index in [1.807, 2.05) is 31.4 Å². The van der Waals surface area contributed by atoms with Crippen LogP contribution in [0.1, 0.15) is 40.5 Å². The van der Waals surface area contributed by atoms with Crippen molar-refractivity contribution in [3.05, 3.63) is 35.8 Å². The molecule has 0 saturated heterocycles. The van der Waals surface area contributed by atoms with Crippen LogP contribution in [-0.2, 0) is 14.8 Å². The van der Waals surface area contributed by atoms with Crippen LogP contribution >= 0.6 is 0 Å². The maximum absolute atomic E-state index is 13.1. The Morgan fingerprint density at radius 3 is 2.45 bits per heavy atom. The van der Waals surface area contributed by atoms with E-state index in [9.17, 15) is 26.4 Å². The number of nitrogens with zero attached hydrogens (tertiary/aromatic N) is 3. The number of halogens is 3. The molecule has 0 aromatic heterocycles. The molecule has 2 N–H and O–H groups in total. The number of ether oxygens (including phenoxy) is 1.